The zero-order chi connectivity index (χ0) is 12.5. The van der Waals surface area contributed by atoms with E-state index in [1.807, 2.05) is 0 Å². The summed E-state index contributed by atoms with van der Waals surface area (Å²) in [6.07, 6.45) is 0. The van der Waals surface area contributed by atoms with Crippen LogP contribution in [0, 0.1) is 11.3 Å². The second kappa shape index (κ2) is 5.58. The highest BCUT2D eigenvalue weighted by atomic mass is 79.9. The summed E-state index contributed by atoms with van der Waals surface area (Å²) in [5.41, 5.74) is 1.90. The van der Waals surface area contributed by atoms with Gasteiger partial charge in [-0.25, -0.2) is 0 Å². The minimum atomic E-state index is 0.449. The van der Waals surface area contributed by atoms with Crippen molar-refractivity contribution < 1.29 is 0 Å². The van der Waals surface area contributed by atoms with Gasteiger partial charge in [0.05, 0.1) is 4.58 Å². The molecule has 1 aromatic rings. The number of thioether (sulfide) groups is 2. The van der Waals surface area contributed by atoms with Crippen molar-refractivity contribution in [3.63, 3.8) is 0 Å². The van der Waals surface area contributed by atoms with Gasteiger partial charge in [0.1, 0.15) is 0 Å². The molecule has 1 fully saturated rings. The Morgan fingerprint density at radius 3 is 2.06 bits per heavy atom. The number of rotatable bonds is 1. The highest BCUT2D eigenvalue weighted by molar-refractivity contribution is 9.10. The van der Waals surface area contributed by atoms with E-state index in [1.54, 1.807) is 0 Å². The number of halogens is 1. The van der Waals surface area contributed by atoms with Crippen molar-refractivity contribution >= 4 is 39.5 Å². The van der Waals surface area contributed by atoms with E-state index in [-0.39, 0.29) is 0 Å². The average molecular weight is 331 g/mol. The van der Waals surface area contributed by atoms with Crippen molar-refractivity contribution in [2.24, 2.45) is 11.3 Å². The van der Waals surface area contributed by atoms with Crippen LogP contribution in [0.2, 0.25) is 0 Å². The van der Waals surface area contributed by atoms with Gasteiger partial charge in [0.15, 0.2) is 0 Å². The lowest BCUT2D eigenvalue weighted by Crippen LogP contribution is -2.27. The Hall–Kier alpha value is 0.400. The van der Waals surface area contributed by atoms with Crippen molar-refractivity contribution in [1.82, 2.24) is 0 Å². The van der Waals surface area contributed by atoms with Crippen LogP contribution in [0.15, 0.2) is 28.7 Å². The molecule has 2 rings (SSSR count). The summed E-state index contributed by atoms with van der Waals surface area (Å²) in [7, 11) is 0. The molecule has 0 N–H and O–H groups in total. The first-order chi connectivity index (χ1) is 7.97. The molecule has 0 amide bonds. The maximum Gasteiger partial charge on any atom is 0.0751 e. The summed E-state index contributed by atoms with van der Waals surface area (Å²) >= 11 is 7.70. The molecule has 0 saturated carbocycles. The monoisotopic (exact) mass is 330 g/mol. The van der Waals surface area contributed by atoms with Crippen molar-refractivity contribution in [1.29, 1.82) is 0 Å². The largest absolute Gasteiger partial charge is 0.142 e. The van der Waals surface area contributed by atoms with Crippen LogP contribution < -0.4 is 0 Å². The highest BCUT2D eigenvalue weighted by Gasteiger charge is 2.30. The van der Waals surface area contributed by atoms with Gasteiger partial charge >= 0.3 is 0 Å². The highest BCUT2D eigenvalue weighted by Crippen LogP contribution is 2.49. The van der Waals surface area contributed by atoms with E-state index >= 15 is 0 Å². The third-order valence-corrected chi connectivity index (χ3v) is 6.95. The average Bonchev–Trinajstić information content (AvgIpc) is 2.29. The molecule has 17 heavy (non-hydrogen) atoms. The number of hydrogen-bond donors (Lipinski definition) is 0. The van der Waals surface area contributed by atoms with Crippen molar-refractivity contribution in [3.8, 4) is 0 Å². The summed E-state index contributed by atoms with van der Waals surface area (Å²) in [5, 5.41) is 0. The summed E-state index contributed by atoms with van der Waals surface area (Å²) in [6, 6.07) is 8.77. The molecule has 94 valence electrons. The second-order valence-electron chi connectivity index (χ2n) is 5.61. The smallest absolute Gasteiger partial charge is 0.0751 e. The molecule has 0 atom stereocenters. The molecule has 1 heterocycles. The number of hydrogen-bond acceptors (Lipinski definition) is 2. The summed E-state index contributed by atoms with van der Waals surface area (Å²) in [6.45, 7) is 7.08. The van der Waals surface area contributed by atoms with Crippen LogP contribution in [0.25, 0.3) is 0 Å². The molecule has 0 unspecified atom stereocenters. The van der Waals surface area contributed by atoms with Gasteiger partial charge in [-0.05, 0) is 40.5 Å². The lowest BCUT2D eigenvalue weighted by atomic mass is 9.83. The minimum Gasteiger partial charge on any atom is -0.142 e. The standard InChI is InChI=1S/C14H19BrS2/c1-14(2,3)11-8-16-13(17-9-11)10-4-6-12(15)7-5-10/h4-7,11,13H,8-9H2,1-3H3/t11-,13+. The van der Waals surface area contributed by atoms with Crippen LogP contribution in [-0.2, 0) is 0 Å². The molecule has 0 radical (unpaired) electrons. The lowest BCUT2D eigenvalue weighted by Gasteiger charge is -2.36. The van der Waals surface area contributed by atoms with Gasteiger partial charge in [0.25, 0.3) is 0 Å². The Bertz CT molecular complexity index is 359. The maximum atomic E-state index is 3.49. The Morgan fingerprint density at radius 2 is 1.59 bits per heavy atom. The molecule has 0 spiro atoms. The molecule has 0 aromatic heterocycles. The van der Waals surface area contributed by atoms with E-state index in [4.69, 9.17) is 0 Å². The quantitative estimate of drug-likeness (QED) is 0.658. The first-order valence-corrected chi connectivity index (χ1v) is 8.84. The van der Waals surface area contributed by atoms with E-state index in [9.17, 15) is 0 Å². The van der Waals surface area contributed by atoms with Gasteiger partial charge in [0, 0.05) is 4.47 Å². The normalized spacial score (nSPS) is 25.9. The lowest BCUT2D eigenvalue weighted by molar-refractivity contribution is 0.292. The molecule has 0 aliphatic carbocycles. The van der Waals surface area contributed by atoms with Crippen molar-refractivity contribution in [2.75, 3.05) is 11.5 Å². The molecular formula is C14H19BrS2. The van der Waals surface area contributed by atoms with E-state index < -0.39 is 0 Å². The molecule has 1 aliphatic heterocycles. The van der Waals surface area contributed by atoms with Crippen LogP contribution in [0.3, 0.4) is 0 Å². The van der Waals surface area contributed by atoms with Gasteiger partial charge in [-0.3, -0.25) is 0 Å². The number of benzene rings is 1. The fourth-order valence-corrected chi connectivity index (χ4v) is 5.83. The van der Waals surface area contributed by atoms with Gasteiger partial charge in [-0.1, -0.05) is 48.8 Å². The van der Waals surface area contributed by atoms with Gasteiger partial charge < -0.3 is 0 Å². The fourth-order valence-electron chi connectivity index (χ4n) is 1.82. The minimum absolute atomic E-state index is 0.449. The first kappa shape index (κ1) is 13.8. The van der Waals surface area contributed by atoms with E-state index in [0.717, 1.165) is 5.92 Å². The Labute approximate surface area is 121 Å². The summed E-state index contributed by atoms with van der Waals surface area (Å²) < 4.78 is 1.79. The maximum absolute atomic E-state index is 3.49. The second-order valence-corrected chi connectivity index (χ2v) is 9.10. The van der Waals surface area contributed by atoms with Crippen LogP contribution in [0.4, 0.5) is 0 Å². The molecule has 0 bridgehead atoms. The van der Waals surface area contributed by atoms with Crippen molar-refractivity contribution in [2.45, 2.75) is 25.4 Å². The van der Waals surface area contributed by atoms with Crippen molar-refractivity contribution in [3.05, 3.63) is 34.3 Å². The fraction of sp³-hybridized carbons (Fsp3) is 0.571. The SMILES string of the molecule is CC(C)(C)[C@H]1CS[C@@H](c2ccc(Br)cc2)SC1. The Balaban J connectivity index is 1.97. The summed E-state index contributed by atoms with van der Waals surface area (Å²) in [5.74, 6) is 3.42. The molecule has 1 aliphatic rings. The molecule has 1 saturated heterocycles. The predicted molar refractivity (Wildman–Crippen MR) is 84.7 cm³/mol. The van der Waals surface area contributed by atoms with E-state index in [0.29, 0.717) is 10.00 Å². The Kier molecular flexibility index (Phi) is 4.54. The van der Waals surface area contributed by atoms with Gasteiger partial charge in [-0.15, -0.1) is 23.5 Å². The van der Waals surface area contributed by atoms with Crippen LogP contribution >= 0.6 is 39.5 Å². The topological polar surface area (TPSA) is 0 Å². The van der Waals surface area contributed by atoms with Crippen LogP contribution in [-0.4, -0.2) is 11.5 Å². The van der Waals surface area contributed by atoms with Gasteiger partial charge in [0.2, 0.25) is 0 Å². The van der Waals surface area contributed by atoms with Crippen LogP contribution in [0.5, 0.6) is 0 Å². The zero-order valence-electron chi connectivity index (χ0n) is 10.6. The molecule has 0 nitrogen and oxygen atoms in total. The first-order valence-electron chi connectivity index (χ1n) is 5.95. The zero-order valence-corrected chi connectivity index (χ0v) is 13.8. The molecule has 1 aromatic carbocycles. The third kappa shape index (κ3) is 3.68. The third-order valence-electron chi connectivity index (χ3n) is 3.26. The predicted octanol–water partition coefficient (Wildman–Crippen LogP) is 5.59. The van der Waals surface area contributed by atoms with E-state index in [1.165, 1.54) is 21.5 Å². The Morgan fingerprint density at radius 1 is 1.06 bits per heavy atom. The van der Waals surface area contributed by atoms with Gasteiger partial charge in [-0.2, -0.15) is 0 Å². The molecule has 3 heteroatoms. The molecular weight excluding hydrogens is 312 g/mol. The van der Waals surface area contributed by atoms with Crippen LogP contribution in [0.1, 0.15) is 30.9 Å². The van der Waals surface area contributed by atoms with E-state index in [2.05, 4.69) is 84.5 Å². The summed E-state index contributed by atoms with van der Waals surface area (Å²) in [4.78, 5) is 0.